The van der Waals surface area contributed by atoms with Crippen LogP contribution in [-0.2, 0) is 6.54 Å². The highest BCUT2D eigenvalue weighted by molar-refractivity contribution is 5.85. The van der Waals surface area contributed by atoms with Gasteiger partial charge in [-0.1, -0.05) is 26.0 Å². The van der Waals surface area contributed by atoms with Crippen molar-refractivity contribution in [2.45, 2.75) is 26.4 Å². The summed E-state index contributed by atoms with van der Waals surface area (Å²) < 4.78 is 9.77. The molecule has 28 heavy (non-hydrogen) atoms. The summed E-state index contributed by atoms with van der Waals surface area (Å²) in [5.74, 6) is 1.84. The highest BCUT2D eigenvalue weighted by Crippen LogP contribution is 2.27. The van der Waals surface area contributed by atoms with Gasteiger partial charge in [0.1, 0.15) is 5.75 Å². The second-order valence-corrected chi connectivity index (χ2v) is 6.77. The van der Waals surface area contributed by atoms with E-state index in [-0.39, 0.29) is 24.8 Å². The van der Waals surface area contributed by atoms with Gasteiger partial charge in [-0.05, 0) is 36.4 Å². The Morgan fingerprint density at radius 3 is 2.43 bits per heavy atom. The first-order valence-electron chi connectivity index (χ1n) is 9.01. The Labute approximate surface area is 177 Å². The van der Waals surface area contributed by atoms with Crippen molar-refractivity contribution < 1.29 is 4.74 Å². The van der Waals surface area contributed by atoms with E-state index in [9.17, 15) is 0 Å². The molecule has 2 aromatic carbocycles. The number of aromatic nitrogens is 3. The van der Waals surface area contributed by atoms with Crippen molar-refractivity contribution in [3.05, 3.63) is 54.7 Å². The maximum atomic E-state index is 5.29. The van der Waals surface area contributed by atoms with Crippen LogP contribution in [0.1, 0.15) is 13.8 Å². The number of halogens is 2. The Morgan fingerprint density at radius 1 is 1.04 bits per heavy atom. The number of hydrogen-bond acceptors (Lipinski definition) is 3. The lowest BCUT2D eigenvalue weighted by atomic mass is 10.1. The molecule has 0 aliphatic heterocycles. The van der Waals surface area contributed by atoms with Crippen LogP contribution in [0.25, 0.3) is 28.1 Å². The van der Waals surface area contributed by atoms with Gasteiger partial charge in [-0.25, -0.2) is 4.98 Å². The van der Waals surface area contributed by atoms with E-state index in [1.54, 1.807) is 7.11 Å². The Bertz CT molecular complexity index is 1040. The first-order chi connectivity index (χ1) is 12.7. The molecule has 0 saturated heterocycles. The lowest BCUT2D eigenvalue weighted by Crippen LogP contribution is -2.26. The zero-order valence-electron chi connectivity index (χ0n) is 16.3. The Hall–Kier alpha value is -2.21. The van der Waals surface area contributed by atoms with Crippen LogP contribution in [0, 0.1) is 0 Å². The number of ether oxygens (including phenoxy) is 1. The van der Waals surface area contributed by atoms with E-state index in [1.165, 1.54) is 0 Å². The number of methoxy groups -OCH3 is 1. The summed E-state index contributed by atoms with van der Waals surface area (Å²) in [6.45, 7) is 6.09. The monoisotopic (exact) mass is 420 g/mol. The third kappa shape index (κ3) is 4.12. The van der Waals surface area contributed by atoms with Gasteiger partial charge >= 0.3 is 0 Å². The largest absolute Gasteiger partial charge is 0.497 e. The second kappa shape index (κ2) is 9.32. The predicted molar refractivity (Wildman–Crippen MR) is 120 cm³/mol. The van der Waals surface area contributed by atoms with E-state index in [4.69, 9.17) is 9.72 Å². The number of hydrogen-bond donors (Lipinski definition) is 1. The Balaban J connectivity index is 0.00000140. The van der Waals surface area contributed by atoms with E-state index < -0.39 is 0 Å². The number of rotatable bonds is 6. The van der Waals surface area contributed by atoms with Crippen molar-refractivity contribution in [2.24, 2.45) is 0 Å². The van der Waals surface area contributed by atoms with Gasteiger partial charge in [0.15, 0.2) is 0 Å². The van der Waals surface area contributed by atoms with E-state index in [0.717, 1.165) is 46.9 Å². The minimum absolute atomic E-state index is 0. The average Bonchev–Trinajstić information content (AvgIpc) is 3.18. The summed E-state index contributed by atoms with van der Waals surface area (Å²) in [5.41, 5.74) is 4.47. The number of nitrogens with one attached hydrogen (secondary N) is 1. The van der Waals surface area contributed by atoms with Gasteiger partial charge in [0, 0.05) is 30.9 Å². The van der Waals surface area contributed by atoms with Crippen molar-refractivity contribution in [1.82, 2.24) is 19.3 Å². The molecule has 0 radical (unpaired) electrons. The molecular formula is C21H26Cl2N4O. The standard InChI is InChI=1S/C21H24N4O.2ClH/c1-15(2)22-12-13-24-20(16-8-10-17(26-3)11-9-16)14-25-19-7-5-4-6-18(19)23-21(24)25;;/h4-11,14-15,22H,12-13H2,1-3H3;2*1H. The molecular weight excluding hydrogens is 395 g/mol. The first kappa shape index (κ1) is 22.1. The number of para-hydroxylation sites is 2. The zero-order valence-corrected chi connectivity index (χ0v) is 17.9. The molecule has 150 valence electrons. The fourth-order valence-electron chi connectivity index (χ4n) is 3.33. The van der Waals surface area contributed by atoms with Crippen LogP contribution in [-0.4, -0.2) is 33.6 Å². The zero-order chi connectivity index (χ0) is 18.1. The van der Waals surface area contributed by atoms with Gasteiger partial charge in [-0.3, -0.25) is 4.40 Å². The second-order valence-electron chi connectivity index (χ2n) is 6.77. The van der Waals surface area contributed by atoms with Crippen LogP contribution in [0.3, 0.4) is 0 Å². The lowest BCUT2D eigenvalue weighted by molar-refractivity contribution is 0.415. The topological polar surface area (TPSA) is 43.5 Å². The fraction of sp³-hybridized carbons (Fsp3) is 0.286. The lowest BCUT2D eigenvalue weighted by Gasteiger charge is -2.12. The molecule has 1 N–H and O–H groups in total. The molecule has 4 rings (SSSR count). The summed E-state index contributed by atoms with van der Waals surface area (Å²) in [6.07, 6.45) is 2.18. The maximum Gasteiger partial charge on any atom is 0.215 e. The van der Waals surface area contributed by atoms with Crippen molar-refractivity contribution in [3.63, 3.8) is 0 Å². The normalized spacial score (nSPS) is 10.9. The van der Waals surface area contributed by atoms with Crippen LogP contribution < -0.4 is 10.1 Å². The van der Waals surface area contributed by atoms with Gasteiger partial charge in [0.25, 0.3) is 0 Å². The third-order valence-corrected chi connectivity index (χ3v) is 4.63. The molecule has 0 amide bonds. The predicted octanol–water partition coefficient (Wildman–Crippen LogP) is 4.81. The number of benzene rings is 2. The maximum absolute atomic E-state index is 5.29. The molecule has 0 aliphatic rings. The summed E-state index contributed by atoms with van der Waals surface area (Å²) in [5, 5.41) is 3.50. The van der Waals surface area contributed by atoms with Crippen LogP contribution >= 0.6 is 24.8 Å². The molecule has 0 atom stereocenters. The smallest absolute Gasteiger partial charge is 0.215 e. The molecule has 0 fully saturated rings. The summed E-state index contributed by atoms with van der Waals surface area (Å²) in [7, 11) is 1.69. The average molecular weight is 421 g/mol. The quantitative estimate of drug-likeness (QED) is 0.486. The van der Waals surface area contributed by atoms with Crippen LogP contribution in [0.15, 0.2) is 54.7 Å². The van der Waals surface area contributed by atoms with Gasteiger partial charge < -0.3 is 14.6 Å². The molecule has 2 heterocycles. The van der Waals surface area contributed by atoms with Crippen molar-refractivity contribution in [1.29, 1.82) is 0 Å². The molecule has 5 nitrogen and oxygen atoms in total. The van der Waals surface area contributed by atoms with E-state index >= 15 is 0 Å². The molecule has 7 heteroatoms. The van der Waals surface area contributed by atoms with Crippen LogP contribution in [0.2, 0.25) is 0 Å². The van der Waals surface area contributed by atoms with E-state index in [2.05, 4.69) is 64.7 Å². The molecule has 2 aromatic heterocycles. The Kier molecular flexibility index (Phi) is 7.35. The fourth-order valence-corrected chi connectivity index (χ4v) is 3.33. The van der Waals surface area contributed by atoms with Gasteiger partial charge in [0.2, 0.25) is 5.78 Å². The van der Waals surface area contributed by atoms with Crippen molar-refractivity contribution in [2.75, 3.05) is 13.7 Å². The highest BCUT2D eigenvalue weighted by atomic mass is 35.5. The molecule has 0 aliphatic carbocycles. The van der Waals surface area contributed by atoms with E-state index in [0.29, 0.717) is 6.04 Å². The van der Waals surface area contributed by atoms with Gasteiger partial charge in [0.05, 0.1) is 23.8 Å². The van der Waals surface area contributed by atoms with Crippen LogP contribution in [0.4, 0.5) is 0 Å². The minimum atomic E-state index is 0. The summed E-state index contributed by atoms with van der Waals surface area (Å²) in [6, 6.07) is 16.9. The van der Waals surface area contributed by atoms with Gasteiger partial charge in [-0.15, -0.1) is 24.8 Å². The Morgan fingerprint density at radius 2 is 1.75 bits per heavy atom. The highest BCUT2D eigenvalue weighted by Gasteiger charge is 2.15. The van der Waals surface area contributed by atoms with Crippen molar-refractivity contribution >= 4 is 41.6 Å². The third-order valence-electron chi connectivity index (χ3n) is 4.63. The molecule has 0 saturated carbocycles. The minimum Gasteiger partial charge on any atom is -0.497 e. The number of fused-ring (bicyclic) bond motifs is 3. The molecule has 0 unspecified atom stereocenters. The number of nitrogens with zero attached hydrogens (tertiary/aromatic N) is 3. The summed E-state index contributed by atoms with van der Waals surface area (Å²) in [4.78, 5) is 4.87. The molecule has 4 aromatic rings. The number of imidazole rings is 2. The first-order valence-corrected chi connectivity index (χ1v) is 9.01. The van der Waals surface area contributed by atoms with E-state index in [1.807, 2.05) is 18.2 Å². The van der Waals surface area contributed by atoms with Crippen molar-refractivity contribution in [3.8, 4) is 17.0 Å². The SMILES string of the molecule is COc1ccc(-c2cn3c4ccccc4nc3n2CCNC(C)C)cc1.Cl.Cl. The molecule has 0 spiro atoms. The van der Waals surface area contributed by atoms with Gasteiger partial charge in [-0.2, -0.15) is 0 Å². The van der Waals surface area contributed by atoms with Crippen LogP contribution in [0.5, 0.6) is 5.75 Å². The molecule has 0 bridgehead atoms. The summed E-state index contributed by atoms with van der Waals surface area (Å²) >= 11 is 0.